The van der Waals surface area contributed by atoms with Gasteiger partial charge in [-0.25, -0.2) is 0 Å². The lowest BCUT2D eigenvalue weighted by Crippen LogP contribution is -2.35. The molecule has 0 aromatic heterocycles. The summed E-state index contributed by atoms with van der Waals surface area (Å²) in [5.74, 6) is 0.809. The highest BCUT2D eigenvalue weighted by molar-refractivity contribution is 5.76. The van der Waals surface area contributed by atoms with Gasteiger partial charge in [-0.1, -0.05) is 52.4 Å². The number of nitrogens with one attached hydrogen (secondary N) is 1. The van der Waals surface area contributed by atoms with Gasteiger partial charge in [0.15, 0.2) is 0 Å². The number of hydrogen-bond acceptors (Lipinski definition) is 1. The minimum Gasteiger partial charge on any atom is -0.353 e. The first-order chi connectivity index (χ1) is 7.72. The fourth-order valence-corrected chi connectivity index (χ4v) is 2.62. The molecule has 1 fully saturated rings. The second kappa shape index (κ2) is 7.70. The van der Waals surface area contributed by atoms with Gasteiger partial charge in [0.05, 0.1) is 0 Å². The second-order valence-corrected chi connectivity index (χ2v) is 5.35. The van der Waals surface area contributed by atoms with Crippen LogP contribution in [0.3, 0.4) is 0 Å². The van der Waals surface area contributed by atoms with E-state index in [4.69, 9.17) is 0 Å². The van der Waals surface area contributed by atoms with Crippen molar-refractivity contribution in [3.63, 3.8) is 0 Å². The molecule has 16 heavy (non-hydrogen) atoms. The van der Waals surface area contributed by atoms with E-state index in [0.29, 0.717) is 18.4 Å². The zero-order valence-electron chi connectivity index (χ0n) is 10.9. The smallest absolute Gasteiger partial charge is 0.220 e. The van der Waals surface area contributed by atoms with Crippen molar-refractivity contribution in [1.29, 1.82) is 0 Å². The van der Waals surface area contributed by atoms with E-state index >= 15 is 0 Å². The Morgan fingerprint density at radius 1 is 1.25 bits per heavy atom. The van der Waals surface area contributed by atoms with E-state index in [1.54, 1.807) is 0 Å². The normalized spacial score (nSPS) is 20.1. The van der Waals surface area contributed by atoms with Crippen LogP contribution in [0.15, 0.2) is 0 Å². The van der Waals surface area contributed by atoms with Gasteiger partial charge in [-0.3, -0.25) is 4.79 Å². The SMILES string of the molecule is CCCC(C)CC(=O)NC1CCCCCC1. The summed E-state index contributed by atoms with van der Waals surface area (Å²) in [6.07, 6.45) is 10.7. The molecular weight excluding hydrogens is 198 g/mol. The Labute approximate surface area is 100 Å². The molecule has 0 heterocycles. The predicted octanol–water partition coefficient (Wildman–Crippen LogP) is 3.65. The van der Waals surface area contributed by atoms with E-state index in [0.717, 1.165) is 6.42 Å². The first kappa shape index (κ1) is 13.5. The maximum absolute atomic E-state index is 11.8. The topological polar surface area (TPSA) is 29.1 Å². The number of hydrogen-bond donors (Lipinski definition) is 1. The van der Waals surface area contributed by atoms with Crippen LogP contribution >= 0.6 is 0 Å². The van der Waals surface area contributed by atoms with Gasteiger partial charge in [0.1, 0.15) is 0 Å². The van der Waals surface area contributed by atoms with E-state index in [-0.39, 0.29) is 5.91 Å². The van der Waals surface area contributed by atoms with Crippen LogP contribution in [0.1, 0.15) is 71.6 Å². The lowest BCUT2D eigenvalue weighted by molar-refractivity contribution is -0.122. The average Bonchev–Trinajstić information content (AvgIpc) is 2.46. The molecule has 1 aliphatic carbocycles. The van der Waals surface area contributed by atoms with Crippen molar-refractivity contribution in [2.45, 2.75) is 77.7 Å². The highest BCUT2D eigenvalue weighted by Crippen LogP contribution is 2.18. The minimum atomic E-state index is 0.271. The van der Waals surface area contributed by atoms with Crippen LogP contribution < -0.4 is 5.32 Å². The van der Waals surface area contributed by atoms with Gasteiger partial charge < -0.3 is 5.32 Å². The monoisotopic (exact) mass is 225 g/mol. The molecule has 94 valence electrons. The van der Waals surface area contributed by atoms with Crippen LogP contribution in [0, 0.1) is 5.92 Å². The molecule has 1 unspecified atom stereocenters. The standard InChI is InChI=1S/C14H27NO/c1-3-8-12(2)11-14(16)15-13-9-6-4-5-7-10-13/h12-13H,3-11H2,1-2H3,(H,15,16). The van der Waals surface area contributed by atoms with E-state index < -0.39 is 0 Å². The first-order valence-electron chi connectivity index (χ1n) is 7.01. The summed E-state index contributed by atoms with van der Waals surface area (Å²) < 4.78 is 0. The molecule has 0 aliphatic heterocycles. The fraction of sp³-hybridized carbons (Fsp3) is 0.929. The predicted molar refractivity (Wildman–Crippen MR) is 68.3 cm³/mol. The lowest BCUT2D eigenvalue weighted by Gasteiger charge is -2.17. The zero-order chi connectivity index (χ0) is 11.8. The van der Waals surface area contributed by atoms with E-state index in [1.807, 2.05) is 0 Å². The molecule has 1 rings (SSSR count). The van der Waals surface area contributed by atoms with Crippen LogP contribution in [0.25, 0.3) is 0 Å². The number of rotatable bonds is 5. The molecule has 2 nitrogen and oxygen atoms in total. The molecule has 0 bridgehead atoms. The number of amides is 1. The fourth-order valence-electron chi connectivity index (χ4n) is 2.62. The summed E-state index contributed by atoms with van der Waals surface area (Å²) in [6, 6.07) is 0.462. The highest BCUT2D eigenvalue weighted by Gasteiger charge is 2.15. The Morgan fingerprint density at radius 3 is 2.44 bits per heavy atom. The molecule has 1 amide bonds. The van der Waals surface area contributed by atoms with Gasteiger partial charge in [-0.2, -0.15) is 0 Å². The third kappa shape index (κ3) is 5.53. The van der Waals surface area contributed by atoms with Crippen molar-refractivity contribution in [3.05, 3.63) is 0 Å². The molecule has 0 aromatic rings. The molecule has 0 radical (unpaired) electrons. The van der Waals surface area contributed by atoms with E-state index in [9.17, 15) is 4.79 Å². The summed E-state index contributed by atoms with van der Waals surface area (Å²) in [5, 5.41) is 3.21. The largest absolute Gasteiger partial charge is 0.353 e. The molecule has 2 heteroatoms. The second-order valence-electron chi connectivity index (χ2n) is 5.35. The number of carbonyl (C=O) groups excluding carboxylic acids is 1. The summed E-state index contributed by atoms with van der Waals surface area (Å²) in [6.45, 7) is 4.36. The van der Waals surface area contributed by atoms with Gasteiger partial charge in [0.2, 0.25) is 5.91 Å². The minimum absolute atomic E-state index is 0.271. The Bertz CT molecular complexity index is 195. The third-order valence-electron chi connectivity index (χ3n) is 3.54. The van der Waals surface area contributed by atoms with Crippen molar-refractivity contribution in [2.75, 3.05) is 0 Å². The Hall–Kier alpha value is -0.530. The van der Waals surface area contributed by atoms with Crippen molar-refractivity contribution in [1.82, 2.24) is 5.32 Å². The molecule has 0 aromatic carbocycles. The summed E-state index contributed by atoms with van der Waals surface area (Å²) >= 11 is 0. The van der Waals surface area contributed by atoms with Crippen LogP contribution in [-0.2, 0) is 4.79 Å². The lowest BCUT2D eigenvalue weighted by atomic mass is 10.0. The van der Waals surface area contributed by atoms with Crippen molar-refractivity contribution >= 4 is 5.91 Å². The van der Waals surface area contributed by atoms with Gasteiger partial charge in [-0.15, -0.1) is 0 Å². The maximum atomic E-state index is 11.8. The van der Waals surface area contributed by atoms with Crippen molar-refractivity contribution < 1.29 is 4.79 Å². The molecule has 1 aliphatic rings. The van der Waals surface area contributed by atoms with Crippen molar-refractivity contribution in [2.24, 2.45) is 5.92 Å². The average molecular weight is 225 g/mol. The van der Waals surface area contributed by atoms with Crippen LogP contribution in [-0.4, -0.2) is 11.9 Å². The van der Waals surface area contributed by atoms with Gasteiger partial charge >= 0.3 is 0 Å². The van der Waals surface area contributed by atoms with Crippen LogP contribution in [0.4, 0.5) is 0 Å². The Balaban J connectivity index is 2.21. The summed E-state index contributed by atoms with van der Waals surface area (Å²) in [4.78, 5) is 11.8. The molecule has 0 spiro atoms. The number of carbonyl (C=O) groups is 1. The van der Waals surface area contributed by atoms with Crippen LogP contribution in [0.5, 0.6) is 0 Å². The van der Waals surface area contributed by atoms with Gasteiger partial charge in [-0.05, 0) is 18.8 Å². The summed E-state index contributed by atoms with van der Waals surface area (Å²) in [5.41, 5.74) is 0. The van der Waals surface area contributed by atoms with Crippen LogP contribution in [0.2, 0.25) is 0 Å². The highest BCUT2D eigenvalue weighted by atomic mass is 16.1. The summed E-state index contributed by atoms with van der Waals surface area (Å²) in [7, 11) is 0. The van der Waals surface area contributed by atoms with E-state index in [1.165, 1.54) is 44.9 Å². The molecule has 1 saturated carbocycles. The van der Waals surface area contributed by atoms with E-state index in [2.05, 4.69) is 19.2 Å². The molecule has 1 N–H and O–H groups in total. The van der Waals surface area contributed by atoms with Gasteiger partial charge in [0.25, 0.3) is 0 Å². The quantitative estimate of drug-likeness (QED) is 0.711. The van der Waals surface area contributed by atoms with Gasteiger partial charge in [0, 0.05) is 12.5 Å². The zero-order valence-corrected chi connectivity index (χ0v) is 10.9. The Morgan fingerprint density at radius 2 is 1.88 bits per heavy atom. The maximum Gasteiger partial charge on any atom is 0.220 e. The third-order valence-corrected chi connectivity index (χ3v) is 3.54. The Kier molecular flexibility index (Phi) is 6.51. The van der Waals surface area contributed by atoms with Crippen molar-refractivity contribution in [3.8, 4) is 0 Å². The molecule has 0 saturated heterocycles. The first-order valence-corrected chi connectivity index (χ1v) is 7.01. The molecular formula is C14H27NO. The molecule has 1 atom stereocenters.